The molecule has 0 spiro atoms. The molecule has 0 saturated carbocycles. The van der Waals surface area contributed by atoms with Crippen molar-refractivity contribution in [1.29, 1.82) is 0 Å². The third-order valence-electron chi connectivity index (χ3n) is 2.65. The Morgan fingerprint density at radius 1 is 1.61 bits per heavy atom. The molecule has 0 aromatic carbocycles. The average Bonchev–Trinajstić information content (AvgIpc) is 2.69. The molecule has 1 N–H and O–H groups in total. The highest BCUT2D eigenvalue weighted by Crippen LogP contribution is 2.19. The van der Waals surface area contributed by atoms with E-state index in [4.69, 9.17) is 5.11 Å². The molecule has 18 heavy (non-hydrogen) atoms. The summed E-state index contributed by atoms with van der Waals surface area (Å²) in [5, 5.41) is 8.74. The number of hydrogen-bond acceptors (Lipinski definition) is 2. The first kappa shape index (κ1) is 14.9. The molecule has 0 atom stereocenters. The standard InChI is InChI=1S/C12H19FN2O2S/c1-4-5-6-9-7-15(12(2,3)8-13)18-10(9)14-11(16)17/h7H,4-6,8H2,1-3H3,(H,16,17)/b14-10-. The second-order valence-corrected chi connectivity index (χ2v) is 5.78. The Hall–Kier alpha value is -1.17. The predicted molar refractivity (Wildman–Crippen MR) is 69.8 cm³/mol. The van der Waals surface area contributed by atoms with Crippen molar-refractivity contribution in [3.8, 4) is 0 Å². The molecule has 0 saturated heterocycles. The molecule has 0 aliphatic carbocycles. The predicted octanol–water partition coefficient (Wildman–Crippen LogP) is 3.18. The number of unbranched alkanes of at least 4 members (excludes halogenated alkanes) is 1. The molecule has 0 unspecified atom stereocenters. The number of carboxylic acid groups (broad SMARTS) is 1. The molecule has 0 radical (unpaired) electrons. The Morgan fingerprint density at radius 3 is 2.78 bits per heavy atom. The van der Waals surface area contributed by atoms with Crippen LogP contribution in [-0.4, -0.2) is 21.8 Å². The van der Waals surface area contributed by atoms with E-state index in [1.165, 1.54) is 11.5 Å². The minimum absolute atomic E-state index is 0.470. The molecule has 0 bridgehead atoms. The van der Waals surface area contributed by atoms with Crippen LogP contribution in [0.3, 0.4) is 0 Å². The normalized spacial score (nSPS) is 13.0. The fourth-order valence-electron chi connectivity index (χ4n) is 1.45. The highest BCUT2D eigenvalue weighted by Gasteiger charge is 2.21. The summed E-state index contributed by atoms with van der Waals surface area (Å²) in [7, 11) is 0. The largest absolute Gasteiger partial charge is 0.463 e. The first-order valence-electron chi connectivity index (χ1n) is 5.96. The molecular weight excluding hydrogens is 255 g/mol. The third-order valence-corrected chi connectivity index (χ3v) is 3.98. The van der Waals surface area contributed by atoms with Gasteiger partial charge in [-0.25, -0.2) is 9.18 Å². The summed E-state index contributed by atoms with van der Waals surface area (Å²) in [6, 6.07) is 0. The van der Waals surface area contributed by atoms with Gasteiger partial charge in [0, 0.05) is 11.8 Å². The van der Waals surface area contributed by atoms with Crippen LogP contribution in [0.1, 0.15) is 39.2 Å². The molecule has 1 aromatic heterocycles. The van der Waals surface area contributed by atoms with Crippen molar-refractivity contribution in [3.63, 3.8) is 0 Å². The van der Waals surface area contributed by atoms with Gasteiger partial charge in [0.2, 0.25) is 0 Å². The van der Waals surface area contributed by atoms with Crippen LogP contribution >= 0.6 is 11.5 Å². The lowest BCUT2D eigenvalue weighted by Crippen LogP contribution is -2.26. The molecule has 1 heterocycles. The lowest BCUT2D eigenvalue weighted by Gasteiger charge is -2.21. The molecule has 6 heteroatoms. The van der Waals surface area contributed by atoms with Crippen molar-refractivity contribution in [2.45, 2.75) is 45.6 Å². The van der Waals surface area contributed by atoms with E-state index < -0.39 is 18.3 Å². The number of nitrogens with zero attached hydrogens (tertiary/aromatic N) is 2. The van der Waals surface area contributed by atoms with Crippen LogP contribution in [0.5, 0.6) is 0 Å². The van der Waals surface area contributed by atoms with Crippen LogP contribution in [0.2, 0.25) is 0 Å². The van der Waals surface area contributed by atoms with E-state index in [1.54, 1.807) is 17.8 Å². The van der Waals surface area contributed by atoms with Gasteiger partial charge >= 0.3 is 6.09 Å². The summed E-state index contributed by atoms with van der Waals surface area (Å²) in [6.45, 7) is 5.12. The number of hydrogen-bond donors (Lipinski definition) is 1. The van der Waals surface area contributed by atoms with Crippen LogP contribution in [0.25, 0.3) is 0 Å². The number of rotatable bonds is 5. The molecule has 0 fully saturated rings. The fraction of sp³-hybridized carbons (Fsp3) is 0.667. The van der Waals surface area contributed by atoms with E-state index in [1.807, 2.05) is 6.20 Å². The van der Waals surface area contributed by atoms with Crippen molar-refractivity contribution in [1.82, 2.24) is 3.96 Å². The van der Waals surface area contributed by atoms with Crippen LogP contribution < -0.4 is 4.67 Å². The number of aryl methyl sites for hydroxylation is 1. The number of carbonyl (C=O) groups is 1. The minimum atomic E-state index is -1.21. The van der Waals surface area contributed by atoms with Crippen LogP contribution in [0.15, 0.2) is 11.2 Å². The minimum Gasteiger partial charge on any atom is -0.463 e. The van der Waals surface area contributed by atoms with Crippen molar-refractivity contribution in [2.75, 3.05) is 6.67 Å². The van der Waals surface area contributed by atoms with Crippen molar-refractivity contribution >= 4 is 17.6 Å². The molecule has 1 aromatic rings. The number of amides is 1. The summed E-state index contributed by atoms with van der Waals surface area (Å²) >= 11 is 1.20. The van der Waals surface area contributed by atoms with E-state index in [0.29, 0.717) is 4.67 Å². The zero-order valence-electron chi connectivity index (χ0n) is 10.9. The molecule has 4 nitrogen and oxygen atoms in total. The Morgan fingerprint density at radius 2 is 2.28 bits per heavy atom. The summed E-state index contributed by atoms with van der Waals surface area (Å²) in [4.78, 5) is 14.3. The van der Waals surface area contributed by atoms with Gasteiger partial charge in [-0.05, 0) is 38.2 Å². The Bertz CT molecular complexity index is 477. The fourth-order valence-corrected chi connectivity index (χ4v) is 2.50. The zero-order chi connectivity index (χ0) is 13.8. The van der Waals surface area contributed by atoms with Gasteiger partial charge in [0.15, 0.2) is 0 Å². The summed E-state index contributed by atoms with van der Waals surface area (Å²) < 4.78 is 15.2. The first-order chi connectivity index (χ1) is 8.40. The van der Waals surface area contributed by atoms with E-state index in [0.717, 1.165) is 24.8 Å². The molecule has 102 valence electrons. The quantitative estimate of drug-likeness (QED) is 0.896. The number of alkyl halides is 1. The second kappa shape index (κ2) is 6.13. The summed E-state index contributed by atoms with van der Waals surface area (Å²) in [6.07, 6.45) is 3.37. The van der Waals surface area contributed by atoms with Crippen LogP contribution in [0, 0.1) is 0 Å². The molecule has 1 rings (SSSR count). The lowest BCUT2D eigenvalue weighted by molar-refractivity contribution is 0.205. The van der Waals surface area contributed by atoms with Gasteiger partial charge < -0.3 is 5.11 Å². The Kier molecular flexibility index (Phi) is 5.07. The Balaban J connectivity index is 3.19. The second-order valence-electron chi connectivity index (χ2n) is 4.82. The first-order valence-corrected chi connectivity index (χ1v) is 6.74. The van der Waals surface area contributed by atoms with E-state index in [-0.39, 0.29) is 0 Å². The average molecular weight is 274 g/mol. The lowest BCUT2D eigenvalue weighted by atomic mass is 10.1. The van der Waals surface area contributed by atoms with Gasteiger partial charge in [-0.15, -0.1) is 0 Å². The molecule has 0 aliphatic rings. The van der Waals surface area contributed by atoms with Gasteiger partial charge in [-0.2, -0.15) is 4.99 Å². The van der Waals surface area contributed by atoms with Gasteiger partial charge in [0.1, 0.15) is 11.3 Å². The maximum Gasteiger partial charge on any atom is 0.432 e. The maximum absolute atomic E-state index is 13.0. The summed E-state index contributed by atoms with van der Waals surface area (Å²) in [5.41, 5.74) is 0.225. The van der Waals surface area contributed by atoms with Crippen molar-refractivity contribution in [2.24, 2.45) is 4.99 Å². The number of halogens is 1. The zero-order valence-corrected chi connectivity index (χ0v) is 11.8. The topological polar surface area (TPSA) is 54.6 Å². The summed E-state index contributed by atoms with van der Waals surface area (Å²) in [5.74, 6) is 0. The van der Waals surface area contributed by atoms with E-state index in [9.17, 15) is 9.18 Å². The monoisotopic (exact) mass is 274 g/mol. The van der Waals surface area contributed by atoms with Crippen molar-refractivity contribution < 1.29 is 14.3 Å². The van der Waals surface area contributed by atoms with Gasteiger partial charge in [-0.1, -0.05) is 13.3 Å². The van der Waals surface area contributed by atoms with Gasteiger partial charge in [0.05, 0.1) is 5.54 Å². The van der Waals surface area contributed by atoms with Gasteiger partial charge in [-0.3, -0.25) is 3.96 Å². The van der Waals surface area contributed by atoms with Gasteiger partial charge in [0.25, 0.3) is 0 Å². The van der Waals surface area contributed by atoms with Crippen molar-refractivity contribution in [3.05, 3.63) is 16.4 Å². The molecule has 0 aliphatic heterocycles. The third kappa shape index (κ3) is 3.66. The SMILES string of the molecule is CCCCc1cn(C(C)(C)CF)s/c1=N\C(=O)O. The smallest absolute Gasteiger partial charge is 0.432 e. The van der Waals surface area contributed by atoms with Crippen LogP contribution in [-0.2, 0) is 12.0 Å². The van der Waals surface area contributed by atoms with Crippen LogP contribution in [0.4, 0.5) is 9.18 Å². The van der Waals surface area contributed by atoms with E-state index >= 15 is 0 Å². The maximum atomic E-state index is 13.0. The highest BCUT2D eigenvalue weighted by molar-refractivity contribution is 7.04. The molecule has 1 amide bonds. The number of aromatic nitrogens is 1. The van der Waals surface area contributed by atoms with E-state index in [2.05, 4.69) is 11.9 Å². The highest BCUT2D eigenvalue weighted by atomic mass is 32.1. The Labute approximate surface area is 110 Å². The molecular formula is C12H19FN2O2S.